The third-order valence-electron chi connectivity index (χ3n) is 2.02. The highest BCUT2D eigenvalue weighted by Gasteiger charge is 1.96. The Balaban J connectivity index is 0.00000112. The van der Waals surface area contributed by atoms with E-state index < -0.39 is 0 Å². The number of hydrogen-bond acceptors (Lipinski definition) is 1. The molecule has 0 aliphatic heterocycles. The average Bonchev–Trinajstić information content (AvgIpc) is 2.23. The predicted octanol–water partition coefficient (Wildman–Crippen LogP) is 3.75. The Bertz CT molecular complexity index is 398. The van der Waals surface area contributed by atoms with Crippen molar-refractivity contribution in [2.24, 2.45) is 0 Å². The minimum absolute atomic E-state index is 0. The van der Waals surface area contributed by atoms with Crippen LogP contribution in [0.25, 0.3) is 0 Å². The lowest BCUT2D eigenvalue weighted by atomic mass is 10.1. The Hall–Kier alpha value is -1.05. The van der Waals surface area contributed by atoms with Gasteiger partial charge >= 0.3 is 0 Å². The van der Waals surface area contributed by atoms with Gasteiger partial charge in [0.05, 0.1) is 0 Å². The summed E-state index contributed by atoms with van der Waals surface area (Å²) in [6.45, 7) is 0. The zero-order chi connectivity index (χ0) is 9.80. The summed E-state index contributed by atoms with van der Waals surface area (Å²) >= 11 is 5.80. The molecule has 78 valence electrons. The second kappa shape index (κ2) is 5.74. The normalized spacial score (nSPS) is 9.40. The predicted molar refractivity (Wildman–Crippen MR) is 65.7 cm³/mol. The zero-order valence-corrected chi connectivity index (χ0v) is 9.63. The quantitative estimate of drug-likeness (QED) is 0.779. The van der Waals surface area contributed by atoms with E-state index in [2.05, 4.69) is 4.98 Å². The zero-order valence-electron chi connectivity index (χ0n) is 8.06. The van der Waals surface area contributed by atoms with Crippen molar-refractivity contribution in [2.45, 2.75) is 6.42 Å². The molecule has 0 fully saturated rings. The lowest BCUT2D eigenvalue weighted by Crippen LogP contribution is -1.90. The van der Waals surface area contributed by atoms with Gasteiger partial charge in [0.1, 0.15) is 0 Å². The molecular formula is C12H11Cl2N. The summed E-state index contributed by atoms with van der Waals surface area (Å²) in [5, 5.41) is 0.773. The molecule has 1 nitrogen and oxygen atoms in total. The largest absolute Gasteiger partial charge is 0.261 e. The Morgan fingerprint density at radius 3 is 2.33 bits per heavy atom. The van der Waals surface area contributed by atoms with Crippen molar-refractivity contribution in [3.05, 3.63) is 64.9 Å². The number of aromatic nitrogens is 1. The molecule has 15 heavy (non-hydrogen) atoms. The van der Waals surface area contributed by atoms with Crippen molar-refractivity contribution < 1.29 is 0 Å². The highest BCUT2D eigenvalue weighted by atomic mass is 35.5. The topological polar surface area (TPSA) is 12.9 Å². The maximum Gasteiger partial charge on any atom is 0.0447 e. The second-order valence-electron chi connectivity index (χ2n) is 3.12. The van der Waals surface area contributed by atoms with E-state index in [0.29, 0.717) is 0 Å². The van der Waals surface area contributed by atoms with E-state index in [1.165, 1.54) is 5.56 Å². The van der Waals surface area contributed by atoms with Crippen LogP contribution in [0.4, 0.5) is 0 Å². The standard InChI is InChI=1S/C12H10ClN.ClH/c13-11-6-4-10(5-7-11)9-12-3-1-2-8-14-12;/h1-8H,9H2;1H. The highest BCUT2D eigenvalue weighted by Crippen LogP contribution is 2.12. The molecule has 1 aromatic heterocycles. The fourth-order valence-corrected chi connectivity index (χ4v) is 1.44. The molecule has 1 heterocycles. The van der Waals surface area contributed by atoms with Gasteiger partial charge in [0.15, 0.2) is 0 Å². The van der Waals surface area contributed by atoms with Crippen molar-refractivity contribution in [2.75, 3.05) is 0 Å². The molecule has 0 saturated heterocycles. The van der Waals surface area contributed by atoms with E-state index >= 15 is 0 Å². The number of benzene rings is 1. The van der Waals surface area contributed by atoms with E-state index in [1.807, 2.05) is 48.7 Å². The fraction of sp³-hybridized carbons (Fsp3) is 0.0833. The third kappa shape index (κ3) is 3.54. The SMILES string of the molecule is Cl.Clc1ccc(Cc2ccccn2)cc1. The van der Waals surface area contributed by atoms with Crippen LogP contribution >= 0.6 is 24.0 Å². The van der Waals surface area contributed by atoms with Crippen LogP contribution in [0, 0.1) is 0 Å². The number of hydrogen-bond donors (Lipinski definition) is 0. The van der Waals surface area contributed by atoms with Crippen LogP contribution in [-0.2, 0) is 6.42 Å². The van der Waals surface area contributed by atoms with Crippen LogP contribution in [0.1, 0.15) is 11.3 Å². The van der Waals surface area contributed by atoms with E-state index in [9.17, 15) is 0 Å². The van der Waals surface area contributed by atoms with Crippen molar-refractivity contribution in [1.29, 1.82) is 0 Å². The van der Waals surface area contributed by atoms with Crippen LogP contribution < -0.4 is 0 Å². The molecule has 0 unspecified atom stereocenters. The Labute approximate surface area is 101 Å². The third-order valence-corrected chi connectivity index (χ3v) is 2.28. The van der Waals surface area contributed by atoms with E-state index in [-0.39, 0.29) is 12.4 Å². The molecule has 0 aliphatic rings. The number of halogens is 2. The number of nitrogens with zero attached hydrogens (tertiary/aromatic N) is 1. The molecule has 3 heteroatoms. The molecule has 2 rings (SSSR count). The molecule has 2 aromatic rings. The Kier molecular flexibility index (Phi) is 4.60. The first-order chi connectivity index (χ1) is 6.84. The van der Waals surface area contributed by atoms with Gasteiger partial charge in [-0.05, 0) is 29.8 Å². The van der Waals surface area contributed by atoms with Crippen LogP contribution in [0.5, 0.6) is 0 Å². The summed E-state index contributed by atoms with van der Waals surface area (Å²) in [4.78, 5) is 4.26. The van der Waals surface area contributed by atoms with E-state index in [4.69, 9.17) is 11.6 Å². The van der Waals surface area contributed by atoms with E-state index in [0.717, 1.165) is 17.1 Å². The molecule has 0 amide bonds. The molecule has 0 aliphatic carbocycles. The van der Waals surface area contributed by atoms with Gasteiger partial charge in [0.25, 0.3) is 0 Å². The molecule has 0 atom stereocenters. The number of pyridine rings is 1. The summed E-state index contributed by atoms with van der Waals surface area (Å²) in [6.07, 6.45) is 2.67. The van der Waals surface area contributed by atoms with Crippen LogP contribution in [0.15, 0.2) is 48.7 Å². The van der Waals surface area contributed by atoms with Crippen LogP contribution in [-0.4, -0.2) is 4.98 Å². The summed E-state index contributed by atoms with van der Waals surface area (Å²) in [5.41, 5.74) is 2.31. The van der Waals surface area contributed by atoms with Gasteiger partial charge in [0.2, 0.25) is 0 Å². The maximum atomic E-state index is 5.80. The van der Waals surface area contributed by atoms with Gasteiger partial charge in [-0.3, -0.25) is 4.98 Å². The summed E-state index contributed by atoms with van der Waals surface area (Å²) < 4.78 is 0. The Morgan fingerprint density at radius 2 is 1.73 bits per heavy atom. The van der Waals surface area contributed by atoms with E-state index in [1.54, 1.807) is 0 Å². The van der Waals surface area contributed by atoms with Gasteiger partial charge in [-0.25, -0.2) is 0 Å². The summed E-state index contributed by atoms with van der Waals surface area (Å²) in [5.74, 6) is 0. The molecule has 1 aromatic carbocycles. The van der Waals surface area contributed by atoms with Crippen molar-refractivity contribution in [1.82, 2.24) is 4.98 Å². The molecule has 0 spiro atoms. The average molecular weight is 240 g/mol. The number of rotatable bonds is 2. The monoisotopic (exact) mass is 239 g/mol. The lowest BCUT2D eigenvalue weighted by molar-refractivity contribution is 1.07. The molecular weight excluding hydrogens is 229 g/mol. The molecule has 0 N–H and O–H groups in total. The lowest BCUT2D eigenvalue weighted by Gasteiger charge is -2.00. The van der Waals surface area contributed by atoms with Crippen LogP contribution in [0.3, 0.4) is 0 Å². The molecule has 0 radical (unpaired) electrons. The van der Waals surface area contributed by atoms with Gasteiger partial charge < -0.3 is 0 Å². The van der Waals surface area contributed by atoms with Gasteiger partial charge in [0, 0.05) is 23.3 Å². The maximum absolute atomic E-state index is 5.80. The first-order valence-electron chi connectivity index (χ1n) is 4.49. The minimum Gasteiger partial charge on any atom is -0.261 e. The fourth-order valence-electron chi connectivity index (χ4n) is 1.31. The summed E-state index contributed by atoms with van der Waals surface area (Å²) in [6, 6.07) is 13.8. The minimum atomic E-state index is 0. The smallest absolute Gasteiger partial charge is 0.0447 e. The first kappa shape index (κ1) is 12.0. The Morgan fingerprint density at radius 1 is 1.00 bits per heavy atom. The van der Waals surface area contributed by atoms with Crippen molar-refractivity contribution in [3.63, 3.8) is 0 Å². The molecule has 0 saturated carbocycles. The van der Waals surface area contributed by atoms with Crippen LogP contribution in [0.2, 0.25) is 5.02 Å². The second-order valence-corrected chi connectivity index (χ2v) is 3.56. The van der Waals surface area contributed by atoms with Crippen molar-refractivity contribution >= 4 is 24.0 Å². The first-order valence-corrected chi connectivity index (χ1v) is 4.87. The summed E-state index contributed by atoms with van der Waals surface area (Å²) in [7, 11) is 0. The highest BCUT2D eigenvalue weighted by molar-refractivity contribution is 6.30. The van der Waals surface area contributed by atoms with Gasteiger partial charge in [-0.15, -0.1) is 12.4 Å². The molecule has 0 bridgehead atoms. The van der Waals surface area contributed by atoms with Crippen molar-refractivity contribution in [3.8, 4) is 0 Å². The van der Waals surface area contributed by atoms with Gasteiger partial charge in [-0.2, -0.15) is 0 Å². The van der Waals surface area contributed by atoms with Gasteiger partial charge in [-0.1, -0.05) is 29.8 Å².